The minimum atomic E-state index is -0.256. The third-order valence-corrected chi connectivity index (χ3v) is 16.7. The summed E-state index contributed by atoms with van der Waals surface area (Å²) in [6, 6.07) is 48.1. The van der Waals surface area contributed by atoms with E-state index in [4.69, 9.17) is 14.2 Å². The van der Waals surface area contributed by atoms with Crippen molar-refractivity contribution in [2.24, 2.45) is 0 Å². The molecule has 9 rings (SSSR count). The molecular formula is C66H84N6O6. The molecule has 0 bridgehead atoms. The number of rotatable bonds is 15. The average molecular weight is 1060 g/mol. The third-order valence-electron chi connectivity index (χ3n) is 16.7. The Balaban J connectivity index is 0.000000170. The van der Waals surface area contributed by atoms with Crippen molar-refractivity contribution in [3.8, 4) is 0 Å². The van der Waals surface area contributed by atoms with Gasteiger partial charge in [-0.2, -0.15) is 0 Å². The highest BCUT2D eigenvalue weighted by atomic mass is 16.5. The monoisotopic (exact) mass is 1060 g/mol. The topological polar surface area (TPSA) is 125 Å². The molecule has 12 heteroatoms. The highest BCUT2D eigenvalue weighted by molar-refractivity contribution is 5.98. The van der Waals surface area contributed by atoms with Crippen LogP contribution in [0, 0.1) is 41.5 Å². The number of hydrogen-bond acceptors (Lipinski definition) is 9. The second-order valence-electron chi connectivity index (χ2n) is 22.2. The number of nitrogens with one attached hydrogen (secondary N) is 3. The predicted octanol–water partition coefficient (Wildman–Crippen LogP) is 10.5. The van der Waals surface area contributed by atoms with Gasteiger partial charge in [-0.15, -0.1) is 0 Å². The normalized spacial score (nSPS) is 21.0. The van der Waals surface area contributed by atoms with Crippen LogP contribution >= 0.6 is 0 Å². The van der Waals surface area contributed by atoms with Gasteiger partial charge >= 0.3 is 0 Å². The highest BCUT2D eigenvalue weighted by Gasteiger charge is 2.48. The van der Waals surface area contributed by atoms with Crippen molar-refractivity contribution in [2.75, 3.05) is 81.9 Å². The van der Waals surface area contributed by atoms with Crippen molar-refractivity contribution in [1.29, 1.82) is 0 Å². The van der Waals surface area contributed by atoms with Crippen molar-refractivity contribution in [2.45, 2.75) is 95.5 Å². The van der Waals surface area contributed by atoms with E-state index in [0.29, 0.717) is 39.6 Å². The minimum absolute atomic E-state index is 0.0254. The van der Waals surface area contributed by atoms with E-state index < -0.39 is 0 Å². The number of ether oxygens (including phenoxy) is 3. The van der Waals surface area contributed by atoms with Crippen LogP contribution < -0.4 is 16.0 Å². The summed E-state index contributed by atoms with van der Waals surface area (Å²) in [5.74, 6) is -0.0762. The Morgan fingerprint density at radius 3 is 0.756 bits per heavy atom. The molecule has 0 aliphatic carbocycles. The summed E-state index contributed by atoms with van der Waals surface area (Å²) in [4.78, 5) is 46.3. The third kappa shape index (κ3) is 13.0. The molecule has 0 radical (unpaired) electrons. The first-order valence-electron chi connectivity index (χ1n) is 27.4. The van der Waals surface area contributed by atoms with Gasteiger partial charge in [0.1, 0.15) is 0 Å². The number of nitrogens with zero attached hydrogens (tertiary/aromatic N) is 3. The van der Waals surface area contributed by atoms with E-state index in [0.717, 1.165) is 86.0 Å². The summed E-state index contributed by atoms with van der Waals surface area (Å²) in [5.41, 5.74) is 10.8. The molecule has 3 fully saturated rings. The van der Waals surface area contributed by atoms with Gasteiger partial charge in [-0.05, 0) is 153 Å². The molecule has 6 atom stereocenters. The van der Waals surface area contributed by atoms with Crippen LogP contribution in [-0.4, -0.2) is 131 Å². The smallest absolute Gasteiger partial charge is 0.252 e. The molecule has 78 heavy (non-hydrogen) atoms. The van der Waals surface area contributed by atoms with Gasteiger partial charge in [-0.25, -0.2) is 0 Å². The van der Waals surface area contributed by atoms with Crippen molar-refractivity contribution in [3.05, 3.63) is 212 Å². The fourth-order valence-corrected chi connectivity index (χ4v) is 11.9. The molecule has 12 nitrogen and oxygen atoms in total. The summed E-state index contributed by atoms with van der Waals surface area (Å²) < 4.78 is 17.3. The van der Waals surface area contributed by atoms with Crippen LogP contribution in [0.4, 0.5) is 0 Å². The van der Waals surface area contributed by atoms with Crippen LogP contribution in [0.25, 0.3) is 0 Å². The maximum Gasteiger partial charge on any atom is 0.252 e. The van der Waals surface area contributed by atoms with Crippen LogP contribution in [-0.2, 0) is 14.2 Å². The Bertz CT molecular complexity index is 2550. The van der Waals surface area contributed by atoms with Gasteiger partial charge in [0.25, 0.3) is 17.7 Å². The second kappa shape index (κ2) is 26.4. The number of likely N-dealkylation sites (N-methyl/N-ethyl adjacent to an activating group) is 3. The molecule has 0 spiro atoms. The second-order valence-corrected chi connectivity index (χ2v) is 22.2. The van der Waals surface area contributed by atoms with Crippen LogP contribution in [0.15, 0.2) is 146 Å². The lowest BCUT2D eigenvalue weighted by atomic mass is 9.83. The van der Waals surface area contributed by atoms with Crippen LogP contribution in [0.3, 0.4) is 0 Å². The van der Waals surface area contributed by atoms with E-state index in [9.17, 15) is 14.4 Å². The van der Waals surface area contributed by atoms with Gasteiger partial charge in [-0.1, -0.05) is 146 Å². The predicted molar refractivity (Wildman–Crippen MR) is 313 cm³/mol. The lowest BCUT2D eigenvalue weighted by molar-refractivity contribution is 0.0630. The molecule has 0 saturated carbocycles. The maximum absolute atomic E-state index is 13.2. The maximum atomic E-state index is 13.2. The van der Waals surface area contributed by atoms with E-state index in [2.05, 4.69) is 109 Å². The molecule has 3 amide bonds. The summed E-state index contributed by atoms with van der Waals surface area (Å²) in [5, 5.41) is 10.0. The summed E-state index contributed by atoms with van der Waals surface area (Å²) in [6.45, 7) is 15.9. The van der Waals surface area contributed by atoms with Crippen molar-refractivity contribution in [1.82, 2.24) is 30.7 Å². The first-order valence-corrected chi connectivity index (χ1v) is 27.4. The Hall–Kier alpha value is -6.51. The summed E-state index contributed by atoms with van der Waals surface area (Å²) in [7, 11) is 12.4. The van der Waals surface area contributed by atoms with E-state index in [1.165, 1.54) is 0 Å². The number of aryl methyl sites for hydroxylation is 6. The zero-order chi connectivity index (χ0) is 56.2. The molecular weight excluding hydrogens is 973 g/mol. The number of carbonyl (C=O) groups excluding carboxylic acids is 3. The molecule has 414 valence electrons. The molecule has 6 unspecified atom stereocenters. The fraction of sp³-hybridized carbons (Fsp3) is 0.409. The highest BCUT2D eigenvalue weighted by Crippen LogP contribution is 2.40. The Morgan fingerprint density at radius 2 is 0.577 bits per heavy atom. The number of benzene rings is 6. The quantitative estimate of drug-likeness (QED) is 0.0922. The lowest BCUT2D eigenvalue weighted by Gasteiger charge is -2.42. The largest absolute Gasteiger partial charge is 0.379 e. The molecule has 3 saturated heterocycles. The van der Waals surface area contributed by atoms with Crippen LogP contribution in [0.5, 0.6) is 0 Å². The van der Waals surface area contributed by atoms with Gasteiger partial charge in [0.05, 0.1) is 54.6 Å². The molecule has 6 aromatic carbocycles. The average Bonchev–Trinajstić information content (AvgIpc) is 4.29. The van der Waals surface area contributed by atoms with Crippen LogP contribution in [0.1, 0.15) is 119 Å². The molecule has 3 N–H and O–H groups in total. The van der Waals surface area contributed by atoms with E-state index in [-0.39, 0.29) is 52.5 Å². The van der Waals surface area contributed by atoms with Gasteiger partial charge in [0, 0.05) is 36.5 Å². The lowest BCUT2D eigenvalue weighted by Crippen LogP contribution is -2.55. The number of amides is 3. The van der Waals surface area contributed by atoms with Gasteiger partial charge < -0.3 is 30.2 Å². The first kappa shape index (κ1) is 59.2. The zero-order valence-corrected chi connectivity index (χ0v) is 48.2. The molecule has 3 aliphatic rings. The van der Waals surface area contributed by atoms with E-state index in [1.807, 2.05) is 151 Å². The van der Waals surface area contributed by atoms with Crippen molar-refractivity contribution < 1.29 is 28.6 Å². The summed E-state index contributed by atoms with van der Waals surface area (Å²) >= 11 is 0. The Kier molecular flexibility index (Phi) is 20.0. The zero-order valence-electron chi connectivity index (χ0n) is 48.2. The molecule has 3 heterocycles. The Labute approximate surface area is 464 Å². The molecule has 3 aliphatic heterocycles. The van der Waals surface area contributed by atoms with Crippen LogP contribution in [0.2, 0.25) is 0 Å². The van der Waals surface area contributed by atoms with E-state index in [1.54, 1.807) is 0 Å². The standard InChI is InChI=1S/3C22H28N2O2/c3*1-16-9-8-10-17(2)19(16)21(25)23-20(18-11-6-5-7-12-18)22(24(3)4)13-14-26-15-22/h3*5-12,20H,13-15H2,1-4H3,(H,23,25). The van der Waals surface area contributed by atoms with Gasteiger partial charge in [-0.3, -0.25) is 29.1 Å². The number of hydrogen-bond donors (Lipinski definition) is 3. The Morgan fingerprint density at radius 1 is 0.359 bits per heavy atom. The molecule has 6 aromatic rings. The van der Waals surface area contributed by atoms with E-state index >= 15 is 0 Å². The molecule has 0 aromatic heterocycles. The summed E-state index contributed by atoms with van der Waals surface area (Å²) in [6.07, 6.45) is 2.64. The van der Waals surface area contributed by atoms with Gasteiger partial charge in [0.2, 0.25) is 0 Å². The SMILES string of the molecule is Cc1cccc(C)c1C(=O)NC(c1ccccc1)C1(N(C)C)CCOC1.Cc1cccc(C)c1C(=O)NC(c1ccccc1)C1(N(C)C)CCOC1.Cc1cccc(C)c1C(=O)NC(c1ccccc1)C1(N(C)C)CCOC1. The fourth-order valence-electron chi connectivity index (χ4n) is 11.9. The number of carbonyl (C=O) groups is 3. The van der Waals surface area contributed by atoms with Crippen molar-refractivity contribution >= 4 is 17.7 Å². The van der Waals surface area contributed by atoms with Gasteiger partial charge in [0.15, 0.2) is 0 Å². The van der Waals surface area contributed by atoms with Crippen molar-refractivity contribution in [3.63, 3.8) is 0 Å². The first-order chi connectivity index (χ1) is 37.4. The minimum Gasteiger partial charge on any atom is -0.379 e.